The topological polar surface area (TPSA) is 83.7 Å². The lowest BCUT2D eigenvalue weighted by Gasteiger charge is -2.33. The van der Waals surface area contributed by atoms with Crippen molar-refractivity contribution < 1.29 is 13.2 Å². The summed E-state index contributed by atoms with van der Waals surface area (Å²) in [5, 5.41) is 0. The predicted molar refractivity (Wildman–Crippen MR) is 80.4 cm³/mol. The molecule has 20 heavy (non-hydrogen) atoms. The second kappa shape index (κ2) is 6.43. The number of piperazine rings is 1. The molecule has 1 heterocycles. The van der Waals surface area contributed by atoms with Gasteiger partial charge >= 0.3 is 0 Å². The first kappa shape index (κ1) is 16.7. The molecule has 1 amide bonds. The third-order valence-corrected chi connectivity index (χ3v) is 4.46. The third kappa shape index (κ3) is 3.84. The smallest absolute Gasteiger partial charge is 0.253 e. The standard InChI is InChI=1S/C12H17N3O3S.ClH/c1-19(17,18)15-8-6-14(7-9-15)12(16)10-2-4-11(13)5-3-10;/h2-5H,6-9,13H2,1H3;1H. The highest BCUT2D eigenvalue weighted by Gasteiger charge is 2.26. The van der Waals surface area contributed by atoms with Crippen molar-refractivity contribution in [1.82, 2.24) is 9.21 Å². The average molecular weight is 320 g/mol. The van der Waals surface area contributed by atoms with Crippen LogP contribution in [-0.4, -0.2) is 56.0 Å². The molecule has 0 atom stereocenters. The zero-order valence-electron chi connectivity index (χ0n) is 11.2. The Hall–Kier alpha value is -1.31. The normalized spacial score (nSPS) is 16.6. The molecule has 0 aliphatic carbocycles. The third-order valence-electron chi connectivity index (χ3n) is 3.15. The van der Waals surface area contributed by atoms with Crippen LogP contribution < -0.4 is 5.73 Å². The Morgan fingerprint density at radius 2 is 1.60 bits per heavy atom. The number of carbonyl (C=O) groups excluding carboxylic acids is 1. The van der Waals surface area contributed by atoms with Crippen LogP contribution >= 0.6 is 12.4 Å². The molecule has 1 aliphatic rings. The predicted octanol–water partition coefficient (Wildman–Crippen LogP) is 0.408. The zero-order chi connectivity index (χ0) is 14.0. The maximum absolute atomic E-state index is 12.2. The first-order chi connectivity index (χ1) is 8.88. The summed E-state index contributed by atoms with van der Waals surface area (Å²) in [7, 11) is -3.17. The highest BCUT2D eigenvalue weighted by molar-refractivity contribution is 7.88. The Kier molecular flexibility index (Phi) is 5.38. The maximum atomic E-state index is 12.2. The van der Waals surface area contributed by atoms with Crippen molar-refractivity contribution in [3.05, 3.63) is 29.8 Å². The van der Waals surface area contributed by atoms with Crippen LogP contribution in [0.4, 0.5) is 5.69 Å². The van der Waals surface area contributed by atoms with E-state index in [0.717, 1.165) is 0 Å². The van der Waals surface area contributed by atoms with E-state index >= 15 is 0 Å². The summed E-state index contributed by atoms with van der Waals surface area (Å²) in [4.78, 5) is 13.8. The van der Waals surface area contributed by atoms with Crippen LogP contribution in [0.3, 0.4) is 0 Å². The summed E-state index contributed by atoms with van der Waals surface area (Å²) in [6.45, 7) is 1.52. The Morgan fingerprint density at radius 3 is 2.05 bits per heavy atom. The number of sulfonamides is 1. The van der Waals surface area contributed by atoms with Crippen molar-refractivity contribution in [3.63, 3.8) is 0 Å². The number of nitrogen functional groups attached to an aromatic ring is 1. The van der Waals surface area contributed by atoms with Crippen LogP contribution in [0.5, 0.6) is 0 Å². The highest BCUT2D eigenvalue weighted by atomic mass is 35.5. The largest absolute Gasteiger partial charge is 0.399 e. The van der Waals surface area contributed by atoms with Crippen LogP contribution in [-0.2, 0) is 10.0 Å². The highest BCUT2D eigenvalue weighted by Crippen LogP contribution is 2.12. The quantitative estimate of drug-likeness (QED) is 0.800. The molecule has 1 aromatic carbocycles. The van der Waals surface area contributed by atoms with Gasteiger partial charge in [-0.05, 0) is 24.3 Å². The molecule has 0 spiro atoms. The summed E-state index contributed by atoms with van der Waals surface area (Å²) in [6.07, 6.45) is 1.18. The van der Waals surface area contributed by atoms with E-state index in [0.29, 0.717) is 37.4 Å². The Morgan fingerprint density at radius 1 is 1.10 bits per heavy atom. The molecular formula is C12H18ClN3O3S. The van der Waals surface area contributed by atoms with Gasteiger partial charge in [-0.25, -0.2) is 8.42 Å². The molecule has 6 nitrogen and oxygen atoms in total. The number of nitrogens with two attached hydrogens (primary N) is 1. The summed E-state index contributed by atoms with van der Waals surface area (Å²) in [5.74, 6) is -0.0897. The second-order valence-corrected chi connectivity index (χ2v) is 6.56. The van der Waals surface area contributed by atoms with Crippen LogP contribution in [0, 0.1) is 0 Å². The van der Waals surface area contributed by atoms with Crippen molar-refractivity contribution in [2.75, 3.05) is 38.2 Å². The molecule has 2 N–H and O–H groups in total. The monoisotopic (exact) mass is 319 g/mol. The van der Waals surface area contributed by atoms with Crippen molar-refractivity contribution in [3.8, 4) is 0 Å². The van der Waals surface area contributed by atoms with Crippen molar-refractivity contribution in [2.24, 2.45) is 0 Å². The number of benzene rings is 1. The molecule has 2 rings (SSSR count). The molecular weight excluding hydrogens is 302 g/mol. The Bertz CT molecular complexity index is 566. The van der Waals surface area contributed by atoms with Crippen LogP contribution in [0.1, 0.15) is 10.4 Å². The van der Waals surface area contributed by atoms with Gasteiger partial charge in [0.05, 0.1) is 6.26 Å². The van der Waals surface area contributed by atoms with Crippen LogP contribution in [0.15, 0.2) is 24.3 Å². The van der Waals surface area contributed by atoms with E-state index in [1.807, 2.05) is 0 Å². The van der Waals surface area contributed by atoms with Gasteiger partial charge in [0.1, 0.15) is 0 Å². The number of carbonyl (C=O) groups is 1. The van der Waals surface area contributed by atoms with E-state index in [-0.39, 0.29) is 18.3 Å². The fourth-order valence-electron chi connectivity index (χ4n) is 2.03. The van der Waals surface area contributed by atoms with Gasteiger partial charge in [-0.15, -0.1) is 12.4 Å². The number of anilines is 1. The minimum atomic E-state index is -3.17. The number of hydrogen-bond donors (Lipinski definition) is 1. The first-order valence-electron chi connectivity index (χ1n) is 5.98. The van der Waals surface area contributed by atoms with E-state index in [9.17, 15) is 13.2 Å². The molecule has 8 heteroatoms. The van der Waals surface area contributed by atoms with Gasteiger partial charge in [-0.3, -0.25) is 4.79 Å². The van der Waals surface area contributed by atoms with E-state index < -0.39 is 10.0 Å². The molecule has 112 valence electrons. The number of halogens is 1. The number of nitrogens with zero attached hydrogens (tertiary/aromatic N) is 2. The van der Waals surface area contributed by atoms with E-state index in [2.05, 4.69) is 0 Å². The van der Waals surface area contributed by atoms with Gasteiger partial charge in [-0.2, -0.15) is 4.31 Å². The summed E-state index contributed by atoms with van der Waals surface area (Å²) >= 11 is 0. The SMILES string of the molecule is CS(=O)(=O)N1CCN(C(=O)c2ccc(N)cc2)CC1.Cl. The van der Waals surface area contributed by atoms with Crippen molar-refractivity contribution in [1.29, 1.82) is 0 Å². The van der Waals surface area contributed by atoms with Crippen molar-refractivity contribution in [2.45, 2.75) is 0 Å². The molecule has 1 aromatic rings. The minimum Gasteiger partial charge on any atom is -0.399 e. The molecule has 1 aliphatic heterocycles. The number of amides is 1. The second-order valence-electron chi connectivity index (χ2n) is 4.58. The molecule has 0 unspecified atom stereocenters. The minimum absolute atomic E-state index is 0. The van der Waals surface area contributed by atoms with Crippen LogP contribution in [0.2, 0.25) is 0 Å². The Balaban J connectivity index is 0.00000200. The lowest BCUT2D eigenvalue weighted by atomic mass is 10.1. The molecule has 1 fully saturated rings. The molecule has 0 radical (unpaired) electrons. The average Bonchev–Trinajstić information content (AvgIpc) is 2.38. The molecule has 0 saturated carbocycles. The van der Waals surface area contributed by atoms with Crippen molar-refractivity contribution >= 4 is 34.0 Å². The Labute approximate surface area is 125 Å². The fraction of sp³-hybridized carbons (Fsp3) is 0.417. The summed E-state index contributed by atoms with van der Waals surface area (Å²) in [5.41, 5.74) is 6.75. The lowest BCUT2D eigenvalue weighted by molar-refractivity contribution is 0.0698. The number of hydrogen-bond acceptors (Lipinski definition) is 4. The molecule has 0 aromatic heterocycles. The number of rotatable bonds is 2. The fourth-order valence-corrected chi connectivity index (χ4v) is 2.86. The van der Waals surface area contributed by atoms with Gasteiger partial charge in [0.15, 0.2) is 0 Å². The van der Waals surface area contributed by atoms with Gasteiger partial charge in [-0.1, -0.05) is 0 Å². The van der Waals surface area contributed by atoms with Gasteiger partial charge in [0.2, 0.25) is 10.0 Å². The summed E-state index contributed by atoms with van der Waals surface area (Å²) in [6, 6.07) is 6.72. The summed E-state index contributed by atoms with van der Waals surface area (Å²) < 4.78 is 24.1. The molecule has 0 bridgehead atoms. The van der Waals surface area contributed by atoms with E-state index in [1.54, 1.807) is 29.2 Å². The zero-order valence-corrected chi connectivity index (χ0v) is 12.8. The van der Waals surface area contributed by atoms with E-state index in [4.69, 9.17) is 5.73 Å². The van der Waals surface area contributed by atoms with Gasteiger partial charge in [0, 0.05) is 37.4 Å². The van der Waals surface area contributed by atoms with Gasteiger partial charge < -0.3 is 10.6 Å². The van der Waals surface area contributed by atoms with E-state index in [1.165, 1.54) is 10.6 Å². The maximum Gasteiger partial charge on any atom is 0.253 e. The lowest BCUT2D eigenvalue weighted by Crippen LogP contribution is -2.50. The van der Waals surface area contributed by atoms with Crippen LogP contribution in [0.25, 0.3) is 0 Å². The first-order valence-corrected chi connectivity index (χ1v) is 7.83. The molecule has 1 saturated heterocycles. The van der Waals surface area contributed by atoms with Gasteiger partial charge in [0.25, 0.3) is 5.91 Å².